The Bertz CT molecular complexity index is 837. The molecule has 6 heteroatoms. The van der Waals surface area contributed by atoms with Crippen LogP contribution in [0.5, 0.6) is 5.75 Å². The molecule has 1 fully saturated rings. The molecule has 1 saturated heterocycles. The van der Waals surface area contributed by atoms with E-state index < -0.39 is 0 Å². The number of benzene rings is 1. The van der Waals surface area contributed by atoms with Gasteiger partial charge in [-0.3, -0.25) is 9.48 Å². The van der Waals surface area contributed by atoms with Gasteiger partial charge in [-0.15, -0.1) is 0 Å². The standard InChI is InChI=1S/C23H32N4O2/c1-26-21-11-8-18(24-13-12-17-6-9-19(29-2)10-7-17)16-20(21)22(25-26)23(28)27-14-4-3-5-15-27/h6-7,9-10,18,24H,3-5,8,11-16H2,1-2H3. The molecule has 0 radical (unpaired) electrons. The van der Waals surface area contributed by atoms with Gasteiger partial charge < -0.3 is 15.0 Å². The Morgan fingerprint density at radius 3 is 2.69 bits per heavy atom. The second-order valence-corrected chi connectivity index (χ2v) is 8.24. The van der Waals surface area contributed by atoms with Crippen LogP contribution < -0.4 is 10.1 Å². The molecule has 1 N–H and O–H groups in total. The SMILES string of the molecule is COc1ccc(CCNC2CCc3c(c(C(=O)N4CCCCC4)nn3C)C2)cc1. The number of nitrogens with one attached hydrogen (secondary N) is 1. The van der Waals surface area contributed by atoms with Crippen molar-refractivity contribution in [3.05, 3.63) is 46.8 Å². The van der Waals surface area contributed by atoms with Crippen molar-refractivity contribution in [2.45, 2.75) is 51.0 Å². The number of rotatable bonds is 6. The van der Waals surface area contributed by atoms with E-state index in [0.29, 0.717) is 11.7 Å². The molecule has 1 aromatic carbocycles. The fourth-order valence-corrected chi connectivity index (χ4v) is 4.59. The predicted octanol–water partition coefficient (Wildman–Crippen LogP) is 2.74. The lowest BCUT2D eigenvalue weighted by Crippen LogP contribution is -2.38. The third-order valence-corrected chi connectivity index (χ3v) is 6.31. The molecule has 2 aliphatic rings. The minimum Gasteiger partial charge on any atom is -0.497 e. The Balaban J connectivity index is 1.37. The van der Waals surface area contributed by atoms with E-state index >= 15 is 0 Å². The summed E-state index contributed by atoms with van der Waals surface area (Å²) in [5, 5.41) is 8.33. The van der Waals surface area contributed by atoms with E-state index in [4.69, 9.17) is 4.74 Å². The highest BCUT2D eigenvalue weighted by Crippen LogP contribution is 2.26. The number of hydrogen-bond donors (Lipinski definition) is 1. The number of hydrogen-bond acceptors (Lipinski definition) is 4. The topological polar surface area (TPSA) is 59.4 Å². The van der Waals surface area contributed by atoms with E-state index in [1.54, 1.807) is 7.11 Å². The quantitative estimate of drug-likeness (QED) is 0.816. The van der Waals surface area contributed by atoms with Crippen molar-refractivity contribution in [1.82, 2.24) is 20.0 Å². The van der Waals surface area contributed by atoms with E-state index in [9.17, 15) is 4.79 Å². The van der Waals surface area contributed by atoms with Gasteiger partial charge in [-0.25, -0.2) is 0 Å². The third kappa shape index (κ3) is 4.47. The average Bonchev–Trinajstić information content (AvgIpc) is 3.10. The Kier molecular flexibility index (Phi) is 6.19. The maximum absolute atomic E-state index is 13.1. The highest BCUT2D eigenvalue weighted by atomic mass is 16.5. The highest BCUT2D eigenvalue weighted by molar-refractivity contribution is 5.94. The normalized spacial score (nSPS) is 19.1. The molecule has 1 unspecified atom stereocenters. The number of nitrogens with zero attached hydrogens (tertiary/aromatic N) is 3. The summed E-state index contributed by atoms with van der Waals surface area (Å²) in [6, 6.07) is 8.66. The molecule has 1 aliphatic carbocycles. The van der Waals surface area contributed by atoms with Gasteiger partial charge in [-0.1, -0.05) is 12.1 Å². The van der Waals surface area contributed by atoms with Crippen molar-refractivity contribution < 1.29 is 9.53 Å². The molecule has 1 aliphatic heterocycles. The van der Waals surface area contributed by atoms with Crippen molar-refractivity contribution in [3.8, 4) is 5.75 Å². The van der Waals surface area contributed by atoms with Crippen LogP contribution in [0, 0.1) is 0 Å². The molecule has 6 nitrogen and oxygen atoms in total. The zero-order valence-electron chi connectivity index (χ0n) is 17.6. The summed E-state index contributed by atoms with van der Waals surface area (Å²) in [4.78, 5) is 15.1. The number of carbonyl (C=O) groups excluding carboxylic acids is 1. The van der Waals surface area contributed by atoms with Crippen molar-refractivity contribution in [2.75, 3.05) is 26.7 Å². The Hall–Kier alpha value is -2.34. The second kappa shape index (κ2) is 8.99. The zero-order valence-corrected chi connectivity index (χ0v) is 17.6. The number of piperidine rings is 1. The van der Waals surface area contributed by atoms with Gasteiger partial charge in [0, 0.05) is 37.4 Å². The lowest BCUT2D eigenvalue weighted by molar-refractivity contribution is 0.0716. The van der Waals surface area contributed by atoms with Gasteiger partial charge in [-0.2, -0.15) is 5.10 Å². The van der Waals surface area contributed by atoms with E-state index in [1.165, 1.54) is 17.7 Å². The van der Waals surface area contributed by atoms with Crippen LogP contribution in [0.4, 0.5) is 0 Å². The van der Waals surface area contributed by atoms with Crippen LogP contribution in [0.15, 0.2) is 24.3 Å². The second-order valence-electron chi connectivity index (χ2n) is 8.24. The maximum atomic E-state index is 13.1. The van der Waals surface area contributed by atoms with Gasteiger partial charge in [0.2, 0.25) is 0 Å². The number of aromatic nitrogens is 2. The lowest BCUT2D eigenvalue weighted by Gasteiger charge is -2.27. The van der Waals surface area contributed by atoms with Gasteiger partial charge in [0.15, 0.2) is 5.69 Å². The lowest BCUT2D eigenvalue weighted by atomic mass is 9.91. The molecule has 0 saturated carbocycles. The van der Waals surface area contributed by atoms with E-state index in [0.717, 1.165) is 69.5 Å². The van der Waals surface area contributed by atoms with Crippen LogP contribution in [0.3, 0.4) is 0 Å². The molecule has 2 aromatic rings. The molecular weight excluding hydrogens is 364 g/mol. The molecule has 1 atom stereocenters. The number of aryl methyl sites for hydroxylation is 1. The van der Waals surface area contributed by atoms with E-state index in [-0.39, 0.29) is 5.91 Å². The molecule has 156 valence electrons. The third-order valence-electron chi connectivity index (χ3n) is 6.31. The summed E-state index contributed by atoms with van der Waals surface area (Å²) in [5.41, 5.74) is 4.39. The first kappa shape index (κ1) is 20.0. The summed E-state index contributed by atoms with van der Waals surface area (Å²) in [5.74, 6) is 1.02. The first-order chi connectivity index (χ1) is 14.2. The predicted molar refractivity (Wildman–Crippen MR) is 113 cm³/mol. The Morgan fingerprint density at radius 2 is 1.97 bits per heavy atom. The number of methoxy groups -OCH3 is 1. The number of likely N-dealkylation sites (tertiary alicyclic amines) is 1. The minimum atomic E-state index is 0.125. The van der Waals surface area contributed by atoms with Gasteiger partial charge in [-0.05, 0) is 69.2 Å². The zero-order chi connectivity index (χ0) is 20.2. The molecule has 1 aromatic heterocycles. The van der Waals surface area contributed by atoms with Crippen molar-refractivity contribution in [1.29, 1.82) is 0 Å². The first-order valence-electron chi connectivity index (χ1n) is 10.9. The van der Waals surface area contributed by atoms with Gasteiger partial charge in [0.1, 0.15) is 5.75 Å². The molecule has 1 amide bonds. The van der Waals surface area contributed by atoms with Crippen LogP contribution in [0.25, 0.3) is 0 Å². The number of carbonyl (C=O) groups is 1. The minimum absolute atomic E-state index is 0.125. The number of ether oxygens (including phenoxy) is 1. The monoisotopic (exact) mass is 396 g/mol. The van der Waals surface area contributed by atoms with Crippen LogP contribution in [-0.2, 0) is 26.3 Å². The summed E-state index contributed by atoms with van der Waals surface area (Å²) in [6.07, 6.45) is 7.39. The van der Waals surface area contributed by atoms with Crippen molar-refractivity contribution >= 4 is 5.91 Å². The molecule has 4 rings (SSSR count). The first-order valence-corrected chi connectivity index (χ1v) is 10.9. The summed E-state index contributed by atoms with van der Waals surface area (Å²) in [7, 11) is 3.67. The highest BCUT2D eigenvalue weighted by Gasteiger charge is 2.30. The van der Waals surface area contributed by atoms with E-state index in [2.05, 4.69) is 22.5 Å². The molecule has 29 heavy (non-hydrogen) atoms. The van der Waals surface area contributed by atoms with Crippen LogP contribution in [0.1, 0.15) is 53.0 Å². The molecule has 2 heterocycles. The number of amides is 1. The fourth-order valence-electron chi connectivity index (χ4n) is 4.59. The largest absolute Gasteiger partial charge is 0.497 e. The van der Waals surface area contributed by atoms with Crippen molar-refractivity contribution in [3.63, 3.8) is 0 Å². The van der Waals surface area contributed by atoms with Crippen molar-refractivity contribution in [2.24, 2.45) is 7.05 Å². The molecule has 0 bridgehead atoms. The fraction of sp³-hybridized carbons (Fsp3) is 0.565. The van der Waals surface area contributed by atoms with Crippen LogP contribution >= 0.6 is 0 Å². The summed E-state index contributed by atoms with van der Waals surface area (Å²) < 4.78 is 7.15. The van der Waals surface area contributed by atoms with Gasteiger partial charge in [0.05, 0.1) is 7.11 Å². The summed E-state index contributed by atoms with van der Waals surface area (Å²) >= 11 is 0. The Labute approximate surface area is 173 Å². The maximum Gasteiger partial charge on any atom is 0.274 e. The molecule has 0 spiro atoms. The van der Waals surface area contributed by atoms with Crippen LogP contribution in [0.2, 0.25) is 0 Å². The van der Waals surface area contributed by atoms with E-state index in [1.807, 2.05) is 28.8 Å². The number of fused-ring (bicyclic) bond motifs is 1. The molecular formula is C23H32N4O2. The Morgan fingerprint density at radius 1 is 1.21 bits per heavy atom. The van der Waals surface area contributed by atoms with Gasteiger partial charge >= 0.3 is 0 Å². The summed E-state index contributed by atoms with van der Waals surface area (Å²) in [6.45, 7) is 2.67. The average molecular weight is 397 g/mol. The van der Waals surface area contributed by atoms with Crippen LogP contribution in [-0.4, -0.2) is 53.4 Å². The smallest absolute Gasteiger partial charge is 0.274 e. The van der Waals surface area contributed by atoms with Gasteiger partial charge in [0.25, 0.3) is 5.91 Å².